The van der Waals surface area contributed by atoms with E-state index in [1.165, 1.54) is 38.5 Å². The number of rotatable bonds is 12. The highest BCUT2D eigenvalue weighted by Gasteiger charge is 2.66. The van der Waals surface area contributed by atoms with Crippen molar-refractivity contribution >= 4 is 5.78 Å². The average molecular weight is 579 g/mol. The summed E-state index contributed by atoms with van der Waals surface area (Å²) in [7, 11) is 0. The molecule has 0 spiro atoms. The molecule has 5 rings (SSSR count). The maximum absolute atomic E-state index is 14.0. The van der Waals surface area contributed by atoms with Gasteiger partial charge in [-0.1, -0.05) is 65.2 Å². The number of Topliss-reactive ketones (excluding diaryl/α,β-unsaturated/α-hetero) is 1. The second-order valence-corrected chi connectivity index (χ2v) is 14.7. The molecule has 7 heteroatoms. The molecule has 2 unspecified atom stereocenters. The highest BCUT2D eigenvalue weighted by atomic mass is 19.4. The standard InChI is InChI=1S/C34H53F3N2O2/c1-3-4-5-6-7-8-9-10-17-32-19-20-33(41,34(35,36)37)23-25(32)12-13-26-27-14-15-29(31(27,2)18-16-28(26)32)30(40)24-39-22-11-21-38-39/h11,21-22,25-29,41H,3-10,12-20,23-24H2,1-2H3/t25?,26-,27-,28-,29+,31-,32-,33?/m0/s1. The van der Waals surface area contributed by atoms with Gasteiger partial charge in [-0.2, -0.15) is 18.3 Å². The van der Waals surface area contributed by atoms with Crippen LogP contribution in [0.15, 0.2) is 18.5 Å². The first-order valence-corrected chi connectivity index (χ1v) is 16.8. The number of nitrogens with zero attached hydrogens (tertiary/aromatic N) is 2. The number of hydrogen-bond donors (Lipinski definition) is 1. The van der Waals surface area contributed by atoms with Crippen LogP contribution in [0.5, 0.6) is 0 Å². The molecular weight excluding hydrogens is 525 g/mol. The van der Waals surface area contributed by atoms with Crippen LogP contribution in [-0.4, -0.2) is 32.4 Å². The molecular formula is C34H53F3N2O2. The lowest BCUT2D eigenvalue weighted by Gasteiger charge is -2.63. The number of carbonyl (C=O) groups is 1. The molecule has 1 heterocycles. The summed E-state index contributed by atoms with van der Waals surface area (Å²) < 4.78 is 43.8. The second kappa shape index (κ2) is 12.3. The predicted molar refractivity (Wildman–Crippen MR) is 155 cm³/mol. The molecule has 0 aliphatic heterocycles. The lowest BCUT2D eigenvalue weighted by atomic mass is 9.42. The van der Waals surface area contributed by atoms with Gasteiger partial charge >= 0.3 is 6.18 Å². The van der Waals surface area contributed by atoms with Gasteiger partial charge in [0.05, 0.1) is 6.54 Å². The summed E-state index contributed by atoms with van der Waals surface area (Å²) >= 11 is 0. The van der Waals surface area contributed by atoms with E-state index >= 15 is 0 Å². The van der Waals surface area contributed by atoms with Gasteiger partial charge in [0, 0.05) is 18.3 Å². The Bertz CT molecular complexity index is 1010. The van der Waals surface area contributed by atoms with E-state index in [9.17, 15) is 23.1 Å². The molecule has 0 saturated heterocycles. The molecule has 1 N–H and O–H groups in total. The van der Waals surface area contributed by atoms with Gasteiger partial charge in [-0.3, -0.25) is 9.48 Å². The quantitative estimate of drug-likeness (QED) is 0.252. The predicted octanol–water partition coefficient (Wildman–Crippen LogP) is 8.92. The van der Waals surface area contributed by atoms with Gasteiger partial charge in [0.2, 0.25) is 0 Å². The van der Waals surface area contributed by atoms with Crippen LogP contribution in [0.2, 0.25) is 0 Å². The zero-order chi connectivity index (χ0) is 29.3. The Morgan fingerprint density at radius 2 is 1.68 bits per heavy atom. The number of halogens is 3. The van der Waals surface area contributed by atoms with Gasteiger partial charge in [0.15, 0.2) is 11.4 Å². The van der Waals surface area contributed by atoms with Crippen LogP contribution in [0.3, 0.4) is 0 Å². The van der Waals surface area contributed by atoms with Crippen LogP contribution >= 0.6 is 0 Å². The zero-order valence-corrected chi connectivity index (χ0v) is 25.4. The number of hydrogen-bond acceptors (Lipinski definition) is 3. The minimum Gasteiger partial charge on any atom is -0.380 e. The van der Waals surface area contributed by atoms with Crippen LogP contribution < -0.4 is 0 Å². The Labute approximate surface area is 245 Å². The van der Waals surface area contributed by atoms with Gasteiger partial charge in [-0.15, -0.1) is 0 Å². The number of alkyl halides is 3. The van der Waals surface area contributed by atoms with Gasteiger partial charge in [0.1, 0.15) is 0 Å². The first kappa shape index (κ1) is 31.1. The second-order valence-electron chi connectivity index (χ2n) is 14.7. The number of ketones is 1. The third kappa shape index (κ3) is 5.91. The van der Waals surface area contributed by atoms with Crippen molar-refractivity contribution in [1.82, 2.24) is 9.78 Å². The van der Waals surface area contributed by atoms with Gasteiger partial charge in [0.25, 0.3) is 0 Å². The minimum absolute atomic E-state index is 0.0285. The number of carbonyl (C=O) groups excluding carboxylic acids is 1. The summed E-state index contributed by atoms with van der Waals surface area (Å²) in [6.07, 6.45) is 15.8. The van der Waals surface area contributed by atoms with Crippen molar-refractivity contribution in [2.45, 2.75) is 148 Å². The fourth-order valence-electron chi connectivity index (χ4n) is 10.6. The number of aromatic nitrogens is 2. The monoisotopic (exact) mass is 578 g/mol. The summed E-state index contributed by atoms with van der Waals surface area (Å²) in [6.45, 7) is 4.90. The zero-order valence-electron chi connectivity index (χ0n) is 25.4. The fourth-order valence-corrected chi connectivity index (χ4v) is 10.6. The van der Waals surface area contributed by atoms with E-state index in [0.717, 1.165) is 57.8 Å². The van der Waals surface area contributed by atoms with Crippen molar-refractivity contribution in [3.63, 3.8) is 0 Å². The summed E-state index contributed by atoms with van der Waals surface area (Å²) in [4.78, 5) is 13.5. The molecule has 0 aromatic carbocycles. The fraction of sp³-hybridized carbons (Fsp3) is 0.882. The molecule has 4 fully saturated rings. The van der Waals surface area contributed by atoms with Gasteiger partial charge < -0.3 is 5.11 Å². The minimum atomic E-state index is -4.56. The third-order valence-electron chi connectivity index (χ3n) is 12.7. The Morgan fingerprint density at radius 3 is 2.37 bits per heavy atom. The summed E-state index contributed by atoms with van der Waals surface area (Å²) in [6, 6.07) is 1.85. The van der Waals surface area contributed by atoms with E-state index in [0.29, 0.717) is 30.7 Å². The first-order valence-electron chi connectivity index (χ1n) is 16.8. The van der Waals surface area contributed by atoms with E-state index in [1.807, 2.05) is 12.3 Å². The molecule has 0 amide bonds. The summed E-state index contributed by atoms with van der Waals surface area (Å²) in [5.41, 5.74) is -2.66. The number of fused-ring (bicyclic) bond motifs is 5. The van der Waals surface area contributed by atoms with Crippen LogP contribution in [0, 0.1) is 40.4 Å². The molecule has 4 nitrogen and oxygen atoms in total. The van der Waals surface area contributed by atoms with Crippen LogP contribution in [0.1, 0.15) is 129 Å². The molecule has 232 valence electrons. The topological polar surface area (TPSA) is 55.1 Å². The average Bonchev–Trinajstić information content (AvgIpc) is 3.57. The summed E-state index contributed by atoms with van der Waals surface area (Å²) in [5, 5.41) is 15.1. The van der Waals surface area contributed by atoms with E-state index < -0.39 is 11.8 Å². The molecule has 4 saturated carbocycles. The highest BCUT2D eigenvalue weighted by Crippen LogP contribution is 2.70. The lowest BCUT2D eigenvalue weighted by Crippen LogP contribution is -2.60. The molecule has 8 atom stereocenters. The normalized spacial score (nSPS) is 38.7. The lowest BCUT2D eigenvalue weighted by molar-refractivity contribution is -0.292. The Hall–Kier alpha value is -1.37. The molecule has 0 bridgehead atoms. The summed E-state index contributed by atoms with van der Waals surface area (Å²) in [5.74, 6) is 1.64. The van der Waals surface area contributed by atoms with Gasteiger partial charge in [-0.05, 0) is 105 Å². The Balaban J connectivity index is 1.31. The van der Waals surface area contributed by atoms with Crippen molar-refractivity contribution in [2.24, 2.45) is 40.4 Å². The van der Waals surface area contributed by atoms with E-state index in [1.54, 1.807) is 10.9 Å². The maximum atomic E-state index is 14.0. The van der Waals surface area contributed by atoms with Crippen molar-refractivity contribution in [1.29, 1.82) is 0 Å². The van der Waals surface area contributed by atoms with Crippen molar-refractivity contribution in [3.05, 3.63) is 18.5 Å². The van der Waals surface area contributed by atoms with Crippen molar-refractivity contribution in [2.75, 3.05) is 0 Å². The molecule has 41 heavy (non-hydrogen) atoms. The largest absolute Gasteiger partial charge is 0.417 e. The molecule has 4 aliphatic rings. The number of aliphatic hydroxyl groups is 1. The van der Waals surface area contributed by atoms with Crippen molar-refractivity contribution in [3.8, 4) is 0 Å². The van der Waals surface area contributed by atoms with Gasteiger partial charge in [-0.25, -0.2) is 0 Å². The molecule has 4 aliphatic carbocycles. The van der Waals surface area contributed by atoms with Crippen LogP contribution in [0.4, 0.5) is 13.2 Å². The van der Waals surface area contributed by atoms with Crippen LogP contribution in [-0.2, 0) is 11.3 Å². The smallest absolute Gasteiger partial charge is 0.380 e. The Kier molecular flexibility index (Phi) is 9.34. The molecule has 0 radical (unpaired) electrons. The van der Waals surface area contributed by atoms with Crippen LogP contribution in [0.25, 0.3) is 0 Å². The first-order chi connectivity index (χ1) is 19.5. The molecule has 1 aromatic heterocycles. The SMILES string of the molecule is CCCCCCCCCC[C@]12CCC(O)(C(F)(F)F)CC1CC[C@@H]1[C@@H]2CC[C@]2(C)[C@@H](C(=O)Cn3cccn3)CC[C@@H]12. The van der Waals surface area contributed by atoms with E-state index in [4.69, 9.17) is 0 Å². The highest BCUT2D eigenvalue weighted by molar-refractivity contribution is 5.82. The molecule has 1 aromatic rings. The van der Waals surface area contributed by atoms with E-state index in [2.05, 4.69) is 18.9 Å². The maximum Gasteiger partial charge on any atom is 0.417 e. The van der Waals surface area contributed by atoms with Crippen molar-refractivity contribution < 1.29 is 23.1 Å². The Morgan fingerprint density at radius 1 is 0.951 bits per heavy atom. The number of unbranched alkanes of at least 4 members (excludes halogenated alkanes) is 7. The third-order valence-corrected chi connectivity index (χ3v) is 12.7. The van der Waals surface area contributed by atoms with E-state index in [-0.39, 0.29) is 41.3 Å².